The molecule has 1 aliphatic carbocycles. The van der Waals surface area contributed by atoms with Gasteiger partial charge >= 0.3 is 0 Å². The summed E-state index contributed by atoms with van der Waals surface area (Å²) in [5.41, 5.74) is 2.86. The minimum atomic E-state index is 0.481. The van der Waals surface area contributed by atoms with Crippen molar-refractivity contribution in [3.63, 3.8) is 0 Å². The standard InChI is InChI=1S/C14H16N2O/c1-2-3-8-17-14-12(10-15)9-11-6-4-5-7-13(11)16-14/h2,9H,1,3-8H2. The van der Waals surface area contributed by atoms with Crippen LogP contribution in [-0.4, -0.2) is 11.6 Å². The maximum absolute atomic E-state index is 9.09. The highest BCUT2D eigenvalue weighted by molar-refractivity contribution is 5.43. The van der Waals surface area contributed by atoms with Crippen LogP contribution in [0.5, 0.6) is 5.88 Å². The second-order valence-electron chi connectivity index (χ2n) is 4.19. The van der Waals surface area contributed by atoms with Gasteiger partial charge in [0.25, 0.3) is 0 Å². The maximum atomic E-state index is 9.09. The van der Waals surface area contributed by atoms with Crippen molar-refractivity contribution in [2.75, 3.05) is 6.61 Å². The number of nitrogens with zero attached hydrogens (tertiary/aromatic N) is 2. The molecule has 0 fully saturated rings. The Bertz CT molecular complexity index is 460. The molecule has 0 radical (unpaired) electrons. The van der Waals surface area contributed by atoms with Crippen LogP contribution in [0.3, 0.4) is 0 Å². The zero-order valence-electron chi connectivity index (χ0n) is 9.91. The average molecular weight is 228 g/mol. The zero-order valence-corrected chi connectivity index (χ0v) is 9.91. The van der Waals surface area contributed by atoms with Crippen molar-refractivity contribution in [2.24, 2.45) is 0 Å². The number of hydrogen-bond acceptors (Lipinski definition) is 3. The molecule has 0 spiro atoms. The summed E-state index contributed by atoms with van der Waals surface area (Å²) in [6.07, 6.45) is 6.96. The molecule has 17 heavy (non-hydrogen) atoms. The van der Waals surface area contributed by atoms with Gasteiger partial charge < -0.3 is 4.74 Å². The van der Waals surface area contributed by atoms with E-state index in [0.717, 1.165) is 25.0 Å². The van der Waals surface area contributed by atoms with Crippen molar-refractivity contribution in [1.82, 2.24) is 4.98 Å². The van der Waals surface area contributed by atoms with Crippen molar-refractivity contribution in [3.8, 4) is 11.9 Å². The van der Waals surface area contributed by atoms with E-state index in [4.69, 9.17) is 10.00 Å². The monoisotopic (exact) mass is 228 g/mol. The smallest absolute Gasteiger partial charge is 0.231 e. The van der Waals surface area contributed by atoms with Gasteiger partial charge in [-0.2, -0.15) is 5.26 Å². The van der Waals surface area contributed by atoms with Crippen molar-refractivity contribution in [3.05, 3.63) is 35.5 Å². The molecule has 1 aromatic heterocycles. The van der Waals surface area contributed by atoms with Gasteiger partial charge in [-0.1, -0.05) is 6.08 Å². The van der Waals surface area contributed by atoms with Gasteiger partial charge in [0.2, 0.25) is 5.88 Å². The van der Waals surface area contributed by atoms with E-state index >= 15 is 0 Å². The SMILES string of the molecule is C=CCCOc1nc2c(cc1C#N)CCCC2. The number of hydrogen-bond donors (Lipinski definition) is 0. The Hall–Kier alpha value is -1.82. The highest BCUT2D eigenvalue weighted by atomic mass is 16.5. The lowest BCUT2D eigenvalue weighted by Crippen LogP contribution is -2.09. The van der Waals surface area contributed by atoms with Crippen molar-refractivity contribution in [2.45, 2.75) is 32.1 Å². The third kappa shape index (κ3) is 2.65. The molecule has 0 saturated carbocycles. The number of pyridine rings is 1. The first-order valence-electron chi connectivity index (χ1n) is 6.01. The van der Waals surface area contributed by atoms with Gasteiger partial charge in [-0.05, 0) is 43.7 Å². The summed E-state index contributed by atoms with van der Waals surface area (Å²) < 4.78 is 5.53. The molecule has 1 heterocycles. The highest BCUT2D eigenvalue weighted by Crippen LogP contribution is 2.25. The Morgan fingerprint density at radius 3 is 3.06 bits per heavy atom. The predicted molar refractivity (Wildman–Crippen MR) is 65.9 cm³/mol. The molecule has 0 atom stereocenters. The first-order chi connectivity index (χ1) is 8.35. The van der Waals surface area contributed by atoms with Crippen LogP contribution in [0.2, 0.25) is 0 Å². The number of ether oxygens (including phenoxy) is 1. The zero-order chi connectivity index (χ0) is 12.1. The van der Waals surface area contributed by atoms with Gasteiger partial charge in [-0.15, -0.1) is 6.58 Å². The molecule has 0 unspecified atom stereocenters. The minimum absolute atomic E-state index is 0.481. The molecule has 0 aliphatic heterocycles. The molecule has 0 bridgehead atoms. The number of fused-ring (bicyclic) bond motifs is 1. The van der Waals surface area contributed by atoms with Crippen LogP contribution in [0, 0.1) is 11.3 Å². The highest BCUT2D eigenvalue weighted by Gasteiger charge is 2.15. The Kier molecular flexibility index (Phi) is 3.77. The van der Waals surface area contributed by atoms with Crippen molar-refractivity contribution in [1.29, 1.82) is 5.26 Å². The Morgan fingerprint density at radius 2 is 2.29 bits per heavy atom. The van der Waals surface area contributed by atoms with Crippen LogP contribution >= 0.6 is 0 Å². The van der Waals surface area contributed by atoms with Crippen LogP contribution in [0.4, 0.5) is 0 Å². The van der Waals surface area contributed by atoms with Gasteiger partial charge in [0.05, 0.1) is 6.61 Å². The summed E-state index contributed by atoms with van der Waals surface area (Å²) in [6.45, 7) is 4.17. The largest absolute Gasteiger partial charge is 0.476 e. The molecule has 2 rings (SSSR count). The van der Waals surface area contributed by atoms with E-state index in [1.165, 1.54) is 18.4 Å². The molecule has 0 N–H and O–H groups in total. The third-order valence-electron chi connectivity index (χ3n) is 2.95. The van der Waals surface area contributed by atoms with Crippen LogP contribution in [0.1, 0.15) is 36.1 Å². The average Bonchev–Trinajstić information content (AvgIpc) is 2.38. The fourth-order valence-corrected chi connectivity index (χ4v) is 2.04. The Balaban J connectivity index is 2.24. The van der Waals surface area contributed by atoms with Gasteiger partial charge in [-0.25, -0.2) is 4.98 Å². The molecular weight excluding hydrogens is 212 g/mol. The van der Waals surface area contributed by atoms with E-state index < -0.39 is 0 Å². The fourth-order valence-electron chi connectivity index (χ4n) is 2.04. The maximum Gasteiger partial charge on any atom is 0.231 e. The molecule has 3 heteroatoms. The summed E-state index contributed by atoms with van der Waals surface area (Å²) in [7, 11) is 0. The topological polar surface area (TPSA) is 45.9 Å². The van der Waals surface area contributed by atoms with E-state index in [-0.39, 0.29) is 0 Å². The second kappa shape index (κ2) is 5.49. The fraction of sp³-hybridized carbons (Fsp3) is 0.429. The molecule has 88 valence electrons. The first kappa shape index (κ1) is 11.7. The van der Waals surface area contributed by atoms with Crippen molar-refractivity contribution < 1.29 is 4.74 Å². The van der Waals surface area contributed by atoms with E-state index in [2.05, 4.69) is 17.6 Å². The summed E-state index contributed by atoms with van der Waals surface area (Å²) >= 11 is 0. The molecule has 0 aromatic carbocycles. The lowest BCUT2D eigenvalue weighted by Gasteiger charge is -2.16. The second-order valence-corrected chi connectivity index (χ2v) is 4.19. The van der Waals surface area contributed by atoms with Gasteiger partial charge in [0.15, 0.2) is 0 Å². The molecule has 3 nitrogen and oxygen atoms in total. The van der Waals surface area contributed by atoms with Crippen LogP contribution in [0.25, 0.3) is 0 Å². The lowest BCUT2D eigenvalue weighted by atomic mass is 9.95. The molecule has 0 saturated heterocycles. The predicted octanol–water partition coefficient (Wildman–Crippen LogP) is 2.79. The minimum Gasteiger partial charge on any atom is -0.476 e. The van der Waals surface area contributed by atoms with Crippen LogP contribution in [0.15, 0.2) is 18.7 Å². The normalized spacial score (nSPS) is 13.6. The molecule has 0 amide bonds. The van der Waals surface area contributed by atoms with Crippen LogP contribution in [-0.2, 0) is 12.8 Å². The molecule has 1 aliphatic rings. The van der Waals surface area contributed by atoms with E-state index in [1.54, 1.807) is 6.08 Å². The molecule has 1 aromatic rings. The number of rotatable bonds is 4. The Labute approximate surface area is 102 Å². The number of aryl methyl sites for hydroxylation is 2. The van der Waals surface area contributed by atoms with Crippen molar-refractivity contribution >= 4 is 0 Å². The van der Waals surface area contributed by atoms with Crippen LogP contribution < -0.4 is 4.74 Å². The number of nitriles is 1. The van der Waals surface area contributed by atoms with E-state index in [0.29, 0.717) is 18.1 Å². The van der Waals surface area contributed by atoms with Gasteiger partial charge in [0.1, 0.15) is 11.6 Å². The van der Waals surface area contributed by atoms with E-state index in [9.17, 15) is 0 Å². The summed E-state index contributed by atoms with van der Waals surface area (Å²) in [6, 6.07) is 4.09. The number of aromatic nitrogens is 1. The lowest BCUT2D eigenvalue weighted by molar-refractivity contribution is 0.310. The summed E-state index contributed by atoms with van der Waals surface area (Å²) in [5.74, 6) is 0.481. The summed E-state index contributed by atoms with van der Waals surface area (Å²) in [4.78, 5) is 4.48. The van der Waals surface area contributed by atoms with Gasteiger partial charge in [-0.3, -0.25) is 0 Å². The van der Waals surface area contributed by atoms with Gasteiger partial charge in [0, 0.05) is 5.69 Å². The quantitative estimate of drug-likeness (QED) is 0.588. The third-order valence-corrected chi connectivity index (χ3v) is 2.95. The summed E-state index contributed by atoms with van der Waals surface area (Å²) in [5, 5.41) is 9.09. The molecular formula is C14H16N2O. The first-order valence-corrected chi connectivity index (χ1v) is 6.01. The Morgan fingerprint density at radius 1 is 1.47 bits per heavy atom. The van der Waals surface area contributed by atoms with E-state index in [1.807, 2.05) is 6.07 Å².